The van der Waals surface area contributed by atoms with Crippen molar-refractivity contribution in [3.05, 3.63) is 35.8 Å². The van der Waals surface area contributed by atoms with Gasteiger partial charge in [-0.15, -0.1) is 5.10 Å². The SMILES string of the molecule is COc1cc(OC)cc(C(=O)N2CCCC(n3cc(-c4nc(C(C)C)no4)nn3)C2)c1. The van der Waals surface area contributed by atoms with Gasteiger partial charge in [0.15, 0.2) is 11.5 Å². The molecule has 31 heavy (non-hydrogen) atoms. The lowest BCUT2D eigenvalue weighted by Crippen LogP contribution is -2.40. The molecule has 4 rings (SSSR count). The maximum absolute atomic E-state index is 13.1. The number of methoxy groups -OCH3 is 2. The van der Waals surface area contributed by atoms with Gasteiger partial charge in [0, 0.05) is 30.6 Å². The number of hydrogen-bond acceptors (Lipinski definition) is 8. The summed E-state index contributed by atoms with van der Waals surface area (Å²) in [4.78, 5) is 19.3. The Morgan fingerprint density at radius 3 is 2.58 bits per heavy atom. The van der Waals surface area contributed by atoms with Crippen LogP contribution in [0, 0.1) is 0 Å². The molecule has 10 nitrogen and oxygen atoms in total. The molecule has 0 aliphatic carbocycles. The van der Waals surface area contributed by atoms with Crippen molar-refractivity contribution in [2.45, 2.75) is 38.6 Å². The minimum atomic E-state index is -0.0688. The summed E-state index contributed by atoms with van der Waals surface area (Å²) in [6, 6.07) is 5.21. The Bertz CT molecular complexity index is 1040. The van der Waals surface area contributed by atoms with Crippen LogP contribution in [0.1, 0.15) is 54.8 Å². The predicted molar refractivity (Wildman–Crippen MR) is 111 cm³/mol. The molecule has 0 N–H and O–H groups in total. The van der Waals surface area contributed by atoms with E-state index >= 15 is 0 Å². The second kappa shape index (κ2) is 8.75. The third-order valence-electron chi connectivity index (χ3n) is 5.34. The highest BCUT2D eigenvalue weighted by Crippen LogP contribution is 2.27. The maximum atomic E-state index is 13.1. The van der Waals surface area contributed by atoms with Gasteiger partial charge in [-0.05, 0) is 25.0 Å². The van der Waals surface area contributed by atoms with E-state index in [9.17, 15) is 4.79 Å². The van der Waals surface area contributed by atoms with Gasteiger partial charge in [-0.1, -0.05) is 24.2 Å². The normalized spacial score (nSPS) is 16.5. The fraction of sp³-hybridized carbons (Fsp3) is 0.476. The molecular weight excluding hydrogens is 400 g/mol. The zero-order valence-electron chi connectivity index (χ0n) is 18.1. The van der Waals surface area contributed by atoms with Crippen LogP contribution in [0.25, 0.3) is 11.6 Å². The summed E-state index contributed by atoms with van der Waals surface area (Å²) >= 11 is 0. The van der Waals surface area contributed by atoms with Crippen LogP contribution < -0.4 is 9.47 Å². The van der Waals surface area contributed by atoms with Crippen molar-refractivity contribution in [2.24, 2.45) is 0 Å². The first-order valence-corrected chi connectivity index (χ1v) is 10.3. The zero-order chi connectivity index (χ0) is 22.0. The smallest absolute Gasteiger partial charge is 0.280 e. The Morgan fingerprint density at radius 1 is 1.19 bits per heavy atom. The van der Waals surface area contributed by atoms with Gasteiger partial charge in [-0.3, -0.25) is 4.79 Å². The lowest BCUT2D eigenvalue weighted by molar-refractivity contribution is 0.0671. The van der Waals surface area contributed by atoms with E-state index in [1.165, 1.54) is 0 Å². The molecule has 0 radical (unpaired) electrons. The average molecular weight is 426 g/mol. The second-order valence-corrected chi connectivity index (χ2v) is 7.84. The van der Waals surface area contributed by atoms with E-state index in [0.29, 0.717) is 47.6 Å². The van der Waals surface area contributed by atoms with Crippen LogP contribution in [0.2, 0.25) is 0 Å². The van der Waals surface area contributed by atoms with Crippen LogP contribution in [0.15, 0.2) is 28.9 Å². The minimum Gasteiger partial charge on any atom is -0.497 e. The van der Waals surface area contributed by atoms with Crippen LogP contribution in [0.4, 0.5) is 0 Å². The summed E-state index contributed by atoms with van der Waals surface area (Å²) in [5.74, 6) is 2.24. The van der Waals surface area contributed by atoms with Gasteiger partial charge in [0.25, 0.3) is 11.8 Å². The van der Waals surface area contributed by atoms with Gasteiger partial charge in [0.2, 0.25) is 0 Å². The van der Waals surface area contributed by atoms with E-state index in [1.807, 2.05) is 18.7 Å². The van der Waals surface area contributed by atoms with Crippen LogP contribution in [-0.4, -0.2) is 63.3 Å². The number of carbonyl (C=O) groups excluding carboxylic acids is 1. The van der Waals surface area contributed by atoms with Gasteiger partial charge in [-0.2, -0.15) is 4.98 Å². The highest BCUT2D eigenvalue weighted by atomic mass is 16.5. The van der Waals surface area contributed by atoms with Gasteiger partial charge in [0.1, 0.15) is 11.5 Å². The summed E-state index contributed by atoms with van der Waals surface area (Å²) in [6.07, 6.45) is 3.56. The molecule has 3 heterocycles. The standard InChI is InChI=1S/C21H26N6O4/c1-13(2)19-22-20(31-24-19)18-12-27(25-23-18)15-6-5-7-26(11-15)21(28)14-8-16(29-3)10-17(9-14)30-4/h8-10,12-13,15H,5-7,11H2,1-4H3. The maximum Gasteiger partial charge on any atom is 0.280 e. The number of aromatic nitrogens is 5. The predicted octanol–water partition coefficient (Wildman–Crippen LogP) is 2.95. The first-order valence-electron chi connectivity index (χ1n) is 10.3. The first-order chi connectivity index (χ1) is 15.0. The Balaban J connectivity index is 1.50. The van der Waals surface area contributed by atoms with Gasteiger partial charge in [0.05, 0.1) is 26.5 Å². The highest BCUT2D eigenvalue weighted by Gasteiger charge is 2.27. The van der Waals surface area contributed by atoms with Crippen molar-refractivity contribution >= 4 is 5.91 Å². The summed E-state index contributed by atoms with van der Waals surface area (Å²) in [5.41, 5.74) is 1.06. The van der Waals surface area contributed by atoms with Crippen LogP contribution >= 0.6 is 0 Å². The van der Waals surface area contributed by atoms with Crippen molar-refractivity contribution in [3.8, 4) is 23.1 Å². The number of benzene rings is 1. The molecule has 1 aromatic carbocycles. The molecule has 1 unspecified atom stereocenters. The molecule has 2 aromatic heterocycles. The van der Waals surface area contributed by atoms with Gasteiger partial charge >= 0.3 is 0 Å². The lowest BCUT2D eigenvalue weighted by Gasteiger charge is -2.32. The summed E-state index contributed by atoms with van der Waals surface area (Å²) in [6.45, 7) is 5.20. The fourth-order valence-electron chi connectivity index (χ4n) is 3.60. The van der Waals surface area contributed by atoms with Crippen molar-refractivity contribution in [1.82, 2.24) is 30.0 Å². The van der Waals surface area contributed by atoms with Crippen LogP contribution in [-0.2, 0) is 0 Å². The highest BCUT2D eigenvalue weighted by molar-refractivity contribution is 5.95. The van der Waals surface area contributed by atoms with E-state index in [0.717, 1.165) is 12.8 Å². The molecule has 1 atom stereocenters. The van der Waals surface area contributed by atoms with E-state index in [1.54, 1.807) is 43.3 Å². The monoisotopic (exact) mass is 426 g/mol. The second-order valence-electron chi connectivity index (χ2n) is 7.84. The number of piperidine rings is 1. The summed E-state index contributed by atoms with van der Waals surface area (Å²) in [5, 5.41) is 12.4. The topological polar surface area (TPSA) is 108 Å². The minimum absolute atomic E-state index is 0.0129. The molecule has 10 heteroatoms. The van der Waals surface area contributed by atoms with Crippen LogP contribution in [0.3, 0.4) is 0 Å². The zero-order valence-corrected chi connectivity index (χ0v) is 18.1. The first kappa shape index (κ1) is 20.8. The molecule has 1 aliphatic heterocycles. The van der Waals surface area contributed by atoms with E-state index in [4.69, 9.17) is 14.0 Å². The van der Waals surface area contributed by atoms with E-state index < -0.39 is 0 Å². The number of ether oxygens (including phenoxy) is 2. The largest absolute Gasteiger partial charge is 0.497 e. The van der Waals surface area contributed by atoms with Crippen molar-refractivity contribution in [2.75, 3.05) is 27.3 Å². The fourth-order valence-corrected chi connectivity index (χ4v) is 3.60. The molecule has 3 aromatic rings. The third-order valence-corrected chi connectivity index (χ3v) is 5.34. The summed E-state index contributed by atoms with van der Waals surface area (Å²) in [7, 11) is 3.13. The number of nitrogens with zero attached hydrogens (tertiary/aromatic N) is 6. The number of rotatable bonds is 6. The average Bonchev–Trinajstić information content (AvgIpc) is 3.48. The van der Waals surface area contributed by atoms with E-state index in [-0.39, 0.29) is 17.9 Å². The quantitative estimate of drug-likeness (QED) is 0.592. The van der Waals surface area contributed by atoms with Gasteiger partial charge in [-0.25, -0.2) is 4.68 Å². The van der Waals surface area contributed by atoms with Crippen LogP contribution in [0.5, 0.6) is 11.5 Å². The number of amides is 1. The van der Waals surface area contributed by atoms with Crippen molar-refractivity contribution in [1.29, 1.82) is 0 Å². The molecule has 164 valence electrons. The number of carbonyl (C=O) groups is 1. The molecular formula is C21H26N6O4. The Morgan fingerprint density at radius 2 is 1.94 bits per heavy atom. The lowest BCUT2D eigenvalue weighted by atomic mass is 10.0. The Labute approximate surface area is 180 Å². The van der Waals surface area contributed by atoms with Crippen molar-refractivity contribution < 1.29 is 18.8 Å². The van der Waals surface area contributed by atoms with E-state index in [2.05, 4.69) is 20.5 Å². The molecule has 1 fully saturated rings. The van der Waals surface area contributed by atoms with Crippen molar-refractivity contribution in [3.63, 3.8) is 0 Å². The molecule has 1 aliphatic rings. The summed E-state index contributed by atoms with van der Waals surface area (Å²) < 4.78 is 17.7. The Hall–Kier alpha value is -3.43. The molecule has 0 spiro atoms. The molecule has 1 amide bonds. The molecule has 0 bridgehead atoms. The molecule has 0 saturated carbocycles. The van der Waals surface area contributed by atoms with Gasteiger partial charge < -0.3 is 18.9 Å². The molecule has 1 saturated heterocycles. The Kier molecular flexibility index (Phi) is 5.88. The third kappa shape index (κ3) is 4.37. The number of hydrogen-bond donors (Lipinski definition) is 0. The number of likely N-dealkylation sites (tertiary alicyclic amines) is 1.